The molecule has 5 heteroatoms. The molecule has 4 nitrogen and oxygen atoms in total. The van der Waals surface area contributed by atoms with Gasteiger partial charge in [0, 0.05) is 18.8 Å². The van der Waals surface area contributed by atoms with E-state index < -0.39 is 11.8 Å². The van der Waals surface area contributed by atoms with E-state index in [2.05, 4.69) is 4.74 Å². The molecule has 1 aliphatic rings. The monoisotopic (exact) mass is 253 g/mol. The van der Waals surface area contributed by atoms with Crippen LogP contribution in [0.15, 0.2) is 18.2 Å². The molecule has 1 fully saturated rings. The Labute approximate surface area is 105 Å². The SMILES string of the molecule is COC(=O)c1cc(N2CCC(O)CC2)ccc1F. The highest BCUT2D eigenvalue weighted by Crippen LogP contribution is 2.23. The van der Waals surface area contributed by atoms with Crippen LogP contribution in [0.2, 0.25) is 0 Å². The number of aliphatic hydroxyl groups excluding tert-OH is 1. The summed E-state index contributed by atoms with van der Waals surface area (Å²) in [5, 5.41) is 9.44. The van der Waals surface area contributed by atoms with E-state index in [1.165, 1.54) is 19.2 Å². The Morgan fingerprint density at radius 2 is 2.11 bits per heavy atom. The molecule has 1 saturated heterocycles. The predicted octanol–water partition coefficient (Wildman–Crippen LogP) is 1.57. The fraction of sp³-hybridized carbons (Fsp3) is 0.462. The van der Waals surface area contributed by atoms with E-state index in [1.54, 1.807) is 6.07 Å². The molecule has 0 saturated carbocycles. The summed E-state index contributed by atoms with van der Waals surface area (Å²) in [6.07, 6.45) is 1.11. The van der Waals surface area contributed by atoms with Gasteiger partial charge >= 0.3 is 5.97 Å². The van der Waals surface area contributed by atoms with Crippen molar-refractivity contribution in [2.75, 3.05) is 25.1 Å². The molecule has 0 spiro atoms. The van der Waals surface area contributed by atoms with Crippen LogP contribution in [0.5, 0.6) is 0 Å². The average Bonchev–Trinajstić information content (AvgIpc) is 2.39. The highest BCUT2D eigenvalue weighted by atomic mass is 19.1. The first-order chi connectivity index (χ1) is 8.61. The maximum absolute atomic E-state index is 13.5. The minimum absolute atomic E-state index is 0.0545. The van der Waals surface area contributed by atoms with Crippen LogP contribution in [-0.4, -0.2) is 37.4 Å². The summed E-state index contributed by atoms with van der Waals surface area (Å²) in [6, 6.07) is 4.41. The number of hydrogen-bond donors (Lipinski definition) is 1. The highest BCUT2D eigenvalue weighted by Gasteiger charge is 2.19. The van der Waals surface area contributed by atoms with Crippen LogP contribution in [0.1, 0.15) is 23.2 Å². The second kappa shape index (κ2) is 5.35. The van der Waals surface area contributed by atoms with Gasteiger partial charge in [-0.3, -0.25) is 0 Å². The van der Waals surface area contributed by atoms with E-state index in [1.807, 2.05) is 4.90 Å². The van der Waals surface area contributed by atoms with Crippen LogP contribution in [0.4, 0.5) is 10.1 Å². The summed E-state index contributed by atoms with van der Waals surface area (Å²) in [4.78, 5) is 13.4. The third-order valence-corrected chi connectivity index (χ3v) is 3.18. The fourth-order valence-corrected chi connectivity index (χ4v) is 2.10. The van der Waals surface area contributed by atoms with Gasteiger partial charge in [0.25, 0.3) is 0 Å². The first-order valence-corrected chi connectivity index (χ1v) is 5.92. The molecular formula is C13H16FNO3. The number of methoxy groups -OCH3 is 1. The molecule has 0 radical (unpaired) electrons. The molecule has 0 unspecified atom stereocenters. The molecule has 0 amide bonds. The first kappa shape index (κ1) is 12.8. The molecule has 98 valence electrons. The van der Waals surface area contributed by atoms with E-state index in [0.29, 0.717) is 25.9 Å². The number of halogens is 1. The predicted molar refractivity (Wildman–Crippen MR) is 65.2 cm³/mol. The summed E-state index contributed by atoms with van der Waals surface area (Å²) in [6.45, 7) is 1.40. The number of carbonyl (C=O) groups is 1. The Morgan fingerprint density at radius 3 is 2.72 bits per heavy atom. The molecule has 2 rings (SSSR count). The summed E-state index contributed by atoms with van der Waals surface area (Å²) >= 11 is 0. The lowest BCUT2D eigenvalue weighted by Gasteiger charge is -2.31. The van der Waals surface area contributed by atoms with E-state index in [4.69, 9.17) is 0 Å². The van der Waals surface area contributed by atoms with Crippen LogP contribution in [0.25, 0.3) is 0 Å². The van der Waals surface area contributed by atoms with Gasteiger partial charge in [-0.2, -0.15) is 0 Å². The topological polar surface area (TPSA) is 49.8 Å². The van der Waals surface area contributed by atoms with Crippen LogP contribution < -0.4 is 4.90 Å². The molecule has 1 aromatic rings. The van der Waals surface area contributed by atoms with Gasteiger partial charge in [0.1, 0.15) is 5.82 Å². The Hall–Kier alpha value is -1.62. The van der Waals surface area contributed by atoms with E-state index >= 15 is 0 Å². The van der Waals surface area contributed by atoms with Crippen molar-refractivity contribution in [3.05, 3.63) is 29.6 Å². The largest absolute Gasteiger partial charge is 0.465 e. The van der Waals surface area contributed by atoms with Crippen LogP contribution >= 0.6 is 0 Å². The fourth-order valence-electron chi connectivity index (χ4n) is 2.10. The van der Waals surface area contributed by atoms with Gasteiger partial charge in [0.2, 0.25) is 0 Å². The minimum atomic E-state index is -0.675. The van der Waals surface area contributed by atoms with Crippen molar-refractivity contribution in [1.82, 2.24) is 0 Å². The van der Waals surface area contributed by atoms with Crippen molar-refractivity contribution in [2.45, 2.75) is 18.9 Å². The molecule has 1 aliphatic heterocycles. The second-order valence-electron chi connectivity index (χ2n) is 4.37. The number of hydrogen-bond acceptors (Lipinski definition) is 4. The van der Waals surface area contributed by atoms with Gasteiger partial charge in [-0.1, -0.05) is 0 Å². The van der Waals surface area contributed by atoms with Crippen LogP contribution in [0, 0.1) is 5.82 Å². The maximum atomic E-state index is 13.5. The molecule has 1 heterocycles. The minimum Gasteiger partial charge on any atom is -0.465 e. The lowest BCUT2D eigenvalue weighted by atomic mass is 10.1. The lowest BCUT2D eigenvalue weighted by molar-refractivity contribution is 0.0595. The van der Waals surface area contributed by atoms with Gasteiger partial charge in [0.05, 0.1) is 18.8 Å². The Kier molecular flexibility index (Phi) is 3.81. The molecule has 1 N–H and O–H groups in total. The molecule has 1 aromatic carbocycles. The molecule has 18 heavy (non-hydrogen) atoms. The number of rotatable bonds is 2. The number of esters is 1. The Morgan fingerprint density at radius 1 is 1.44 bits per heavy atom. The molecule has 0 aliphatic carbocycles. The van der Waals surface area contributed by atoms with Crippen molar-refractivity contribution in [3.8, 4) is 0 Å². The number of anilines is 1. The Balaban J connectivity index is 2.21. The maximum Gasteiger partial charge on any atom is 0.340 e. The zero-order valence-corrected chi connectivity index (χ0v) is 10.2. The van der Waals surface area contributed by atoms with Gasteiger partial charge < -0.3 is 14.7 Å². The van der Waals surface area contributed by atoms with Crippen LogP contribution in [-0.2, 0) is 4.74 Å². The van der Waals surface area contributed by atoms with Gasteiger partial charge in [-0.05, 0) is 31.0 Å². The smallest absolute Gasteiger partial charge is 0.340 e. The third-order valence-electron chi connectivity index (χ3n) is 3.18. The first-order valence-electron chi connectivity index (χ1n) is 5.92. The standard InChI is InChI=1S/C13H16FNO3/c1-18-13(17)11-8-9(2-3-12(11)14)15-6-4-10(16)5-7-15/h2-3,8,10,16H,4-7H2,1H3. The van der Waals surface area contributed by atoms with Gasteiger partial charge in [0.15, 0.2) is 0 Å². The zero-order chi connectivity index (χ0) is 13.1. The van der Waals surface area contributed by atoms with Crippen molar-refractivity contribution >= 4 is 11.7 Å². The summed E-state index contributed by atoms with van der Waals surface area (Å²) in [5.74, 6) is -1.26. The van der Waals surface area contributed by atoms with Crippen molar-refractivity contribution in [1.29, 1.82) is 0 Å². The number of nitrogens with zero attached hydrogens (tertiary/aromatic N) is 1. The van der Waals surface area contributed by atoms with Crippen molar-refractivity contribution in [2.24, 2.45) is 0 Å². The zero-order valence-electron chi connectivity index (χ0n) is 10.2. The van der Waals surface area contributed by atoms with E-state index in [-0.39, 0.29) is 11.7 Å². The quantitative estimate of drug-likeness (QED) is 0.813. The summed E-state index contributed by atoms with van der Waals surface area (Å²) < 4.78 is 18.0. The van der Waals surface area contributed by atoms with Crippen molar-refractivity contribution < 1.29 is 19.0 Å². The van der Waals surface area contributed by atoms with Gasteiger partial charge in [-0.25, -0.2) is 9.18 Å². The molecule has 0 atom stereocenters. The number of aliphatic hydroxyl groups is 1. The second-order valence-corrected chi connectivity index (χ2v) is 4.37. The number of piperidine rings is 1. The normalized spacial score (nSPS) is 16.7. The lowest BCUT2D eigenvalue weighted by Crippen LogP contribution is -2.35. The van der Waals surface area contributed by atoms with Crippen LogP contribution in [0.3, 0.4) is 0 Å². The Bertz CT molecular complexity index is 442. The molecule has 0 bridgehead atoms. The number of ether oxygens (including phenoxy) is 1. The van der Waals surface area contributed by atoms with Crippen molar-refractivity contribution in [3.63, 3.8) is 0 Å². The molecular weight excluding hydrogens is 237 g/mol. The van der Waals surface area contributed by atoms with E-state index in [0.717, 1.165) is 5.69 Å². The third kappa shape index (κ3) is 2.61. The summed E-state index contributed by atoms with van der Waals surface area (Å²) in [7, 11) is 1.23. The molecule has 0 aromatic heterocycles. The summed E-state index contributed by atoms with van der Waals surface area (Å²) in [5.41, 5.74) is 0.727. The number of benzene rings is 1. The van der Waals surface area contributed by atoms with Gasteiger partial charge in [-0.15, -0.1) is 0 Å². The highest BCUT2D eigenvalue weighted by molar-refractivity contribution is 5.90. The average molecular weight is 253 g/mol. The van der Waals surface area contributed by atoms with E-state index in [9.17, 15) is 14.3 Å². The number of carbonyl (C=O) groups excluding carboxylic acids is 1.